The number of hydrogen-bond acceptors (Lipinski definition) is 7. The number of hydrogen-bond donors (Lipinski definition) is 7. The normalized spacial score (nSPS) is 17.3. The molecule has 264 valence electrons. The third-order valence-corrected chi connectivity index (χ3v) is 12.0. The Labute approximate surface area is 299 Å². The fourth-order valence-electron chi connectivity index (χ4n) is 6.48. The number of aromatic amines is 1. The van der Waals surface area contributed by atoms with Crippen molar-refractivity contribution >= 4 is 64.9 Å². The predicted octanol–water partition coefficient (Wildman–Crippen LogP) is 2.19. The number of rotatable bonds is 18. The van der Waals surface area contributed by atoms with Gasteiger partial charge in [0.1, 0.15) is 17.9 Å². The first-order valence-corrected chi connectivity index (χ1v) is 20.0. The molecule has 0 saturated heterocycles. The number of aromatic nitrogens is 1. The Morgan fingerprint density at radius 1 is 0.980 bits per heavy atom. The van der Waals surface area contributed by atoms with Gasteiger partial charge in [-0.3, -0.25) is 14.2 Å². The van der Waals surface area contributed by atoms with Crippen LogP contribution >= 0.6 is 7.37 Å². The number of unbranched alkanes of at least 4 members (excludes halogenated alkanes) is 1. The molecular formula is C33H47LiN5O8PS. The zero-order valence-electron chi connectivity index (χ0n) is 27.1. The summed E-state index contributed by atoms with van der Waals surface area (Å²) in [5.74, 6) is -3.97. The summed E-state index contributed by atoms with van der Waals surface area (Å²) in [5, 5.41) is 16.2. The first-order valence-electron chi connectivity index (χ1n) is 16.1. The van der Waals surface area contributed by atoms with Crippen LogP contribution in [-0.4, -0.2) is 96.9 Å². The minimum atomic E-state index is -4.41. The number of carbonyl (C=O) groups is 3. The summed E-state index contributed by atoms with van der Waals surface area (Å²) >= 11 is 0. The van der Waals surface area contributed by atoms with Crippen LogP contribution in [0.5, 0.6) is 0 Å². The average molecular weight is 712 g/mol. The number of fused-ring (bicyclic) bond motifs is 1. The van der Waals surface area contributed by atoms with Crippen LogP contribution in [-0.2, 0) is 41.8 Å². The van der Waals surface area contributed by atoms with Crippen LogP contribution in [0.15, 0.2) is 60.8 Å². The minimum absolute atomic E-state index is 0. The molecule has 8 N–H and O–H groups in total. The maximum atomic E-state index is 14.4. The zero-order valence-corrected chi connectivity index (χ0v) is 28.8. The molecule has 1 aromatic heterocycles. The van der Waals surface area contributed by atoms with E-state index in [4.69, 9.17) is 5.73 Å². The van der Waals surface area contributed by atoms with Gasteiger partial charge in [0, 0.05) is 36.1 Å². The van der Waals surface area contributed by atoms with Gasteiger partial charge in [0.15, 0.2) is 0 Å². The first-order chi connectivity index (χ1) is 22.7. The van der Waals surface area contributed by atoms with Gasteiger partial charge in [-0.25, -0.2) is 17.9 Å². The van der Waals surface area contributed by atoms with Gasteiger partial charge < -0.3 is 31.4 Å². The van der Waals surface area contributed by atoms with E-state index in [2.05, 4.69) is 20.3 Å². The molecule has 1 aliphatic carbocycles. The van der Waals surface area contributed by atoms with Crippen LogP contribution in [0.2, 0.25) is 0 Å². The van der Waals surface area contributed by atoms with Crippen molar-refractivity contribution in [1.29, 1.82) is 0 Å². The van der Waals surface area contributed by atoms with Gasteiger partial charge in [0.25, 0.3) is 0 Å². The molecule has 49 heavy (non-hydrogen) atoms. The molecule has 0 aliphatic heterocycles. The number of H-pyrrole nitrogens is 1. The van der Waals surface area contributed by atoms with Crippen LogP contribution in [0.3, 0.4) is 0 Å². The Morgan fingerprint density at radius 3 is 2.27 bits per heavy atom. The van der Waals surface area contributed by atoms with Crippen molar-refractivity contribution in [3.8, 4) is 0 Å². The summed E-state index contributed by atoms with van der Waals surface area (Å²) in [5.41, 5.74) is 6.43. The number of aliphatic carboxylic acids is 1. The summed E-state index contributed by atoms with van der Waals surface area (Å²) in [6, 6.07) is 13.7. The van der Waals surface area contributed by atoms with E-state index in [0.717, 1.165) is 17.2 Å². The van der Waals surface area contributed by atoms with Crippen LogP contribution in [0, 0.1) is 5.41 Å². The Morgan fingerprint density at radius 2 is 1.63 bits per heavy atom. The number of para-hydroxylation sites is 1. The molecular weight excluding hydrogens is 664 g/mol. The van der Waals surface area contributed by atoms with Crippen molar-refractivity contribution in [2.24, 2.45) is 11.1 Å². The molecule has 0 radical (unpaired) electrons. The van der Waals surface area contributed by atoms with E-state index in [1.165, 1.54) is 0 Å². The summed E-state index contributed by atoms with van der Waals surface area (Å²) in [6.45, 7) is 0.352. The van der Waals surface area contributed by atoms with E-state index >= 15 is 0 Å². The second kappa shape index (κ2) is 17.8. The Bertz CT molecular complexity index is 1730. The van der Waals surface area contributed by atoms with E-state index in [9.17, 15) is 37.4 Å². The van der Waals surface area contributed by atoms with Gasteiger partial charge in [-0.2, -0.15) is 0 Å². The van der Waals surface area contributed by atoms with E-state index in [-0.39, 0.29) is 51.0 Å². The molecule has 0 spiro atoms. The van der Waals surface area contributed by atoms with Gasteiger partial charge in [0.05, 0.1) is 11.7 Å². The molecule has 0 bridgehead atoms. The summed E-state index contributed by atoms with van der Waals surface area (Å²) < 4.78 is 40.9. The molecule has 16 heteroatoms. The van der Waals surface area contributed by atoms with Gasteiger partial charge >= 0.3 is 24.8 Å². The third-order valence-electron chi connectivity index (χ3n) is 8.96. The standard InChI is InChI=1S/C33H46N5O8PS.Li.H/c1-48(45,46)38-27(15-7-10-18-34)30(39)37-29(19-23-11-3-2-4-12-23)47(43,44)22-33(16-8-9-17-33)32(42)36-28(31(40)41)20-24-21-35-26-14-6-5-13-25(24)26;;/h2-6,11-14,21,27-29,35,38H,7-10,15-20,22,34H2,1H3,(H,36,42)(H,37,39)(H,40,41)(H,43,44);;/t27-,28+,29?;;/m1../s1. The number of carbonyl (C=O) groups excluding carboxylic acids is 2. The summed E-state index contributed by atoms with van der Waals surface area (Å²) in [7, 11) is -8.21. The van der Waals surface area contributed by atoms with E-state index in [1.54, 1.807) is 36.5 Å². The molecule has 3 aromatic rings. The number of amides is 2. The molecule has 1 saturated carbocycles. The first kappa shape index (κ1) is 40.5. The van der Waals surface area contributed by atoms with E-state index in [1.807, 2.05) is 24.3 Å². The molecule has 2 unspecified atom stereocenters. The van der Waals surface area contributed by atoms with Crippen molar-refractivity contribution < 1.29 is 37.4 Å². The van der Waals surface area contributed by atoms with Gasteiger partial charge in [0.2, 0.25) is 29.2 Å². The maximum absolute atomic E-state index is 14.4. The van der Waals surface area contributed by atoms with Gasteiger partial charge in [-0.1, -0.05) is 67.8 Å². The van der Waals surface area contributed by atoms with Gasteiger partial charge in [-0.05, 0) is 49.4 Å². The number of nitrogens with one attached hydrogen (secondary N) is 4. The predicted molar refractivity (Wildman–Crippen MR) is 191 cm³/mol. The Hall–Kier alpha value is -2.95. The Kier molecular flexibility index (Phi) is 14.7. The third kappa shape index (κ3) is 11.3. The number of carboxylic acid groups (broad SMARTS) is 1. The monoisotopic (exact) mass is 711 g/mol. The van der Waals surface area contributed by atoms with Crippen molar-refractivity contribution in [3.05, 3.63) is 71.9 Å². The molecule has 1 fully saturated rings. The van der Waals surface area contributed by atoms with Crippen molar-refractivity contribution in [2.75, 3.05) is 19.0 Å². The van der Waals surface area contributed by atoms with Crippen molar-refractivity contribution in [2.45, 2.75) is 75.7 Å². The summed E-state index contributed by atoms with van der Waals surface area (Å²) in [6.07, 6.45) is 4.98. The quantitative estimate of drug-likeness (QED) is 0.0583. The molecule has 1 heterocycles. The SMILES string of the molecule is CS(=O)(=O)N[C@H](CCCCN)C(=O)NC(Cc1ccccc1)P(=O)(O)CC1(C(=O)N[C@@H](Cc2c[nH]c3ccccc23)C(=O)O)CCCC1.[LiH]. The zero-order chi connectivity index (χ0) is 35.0. The van der Waals surface area contributed by atoms with Crippen LogP contribution in [0.25, 0.3) is 10.9 Å². The van der Waals surface area contributed by atoms with Gasteiger partial charge in [-0.15, -0.1) is 0 Å². The van der Waals surface area contributed by atoms with Crippen LogP contribution in [0.1, 0.15) is 56.1 Å². The summed E-state index contributed by atoms with van der Waals surface area (Å²) in [4.78, 5) is 54.7. The average Bonchev–Trinajstić information content (AvgIpc) is 3.67. The fraction of sp³-hybridized carbons (Fsp3) is 0.485. The molecule has 2 aromatic carbocycles. The molecule has 4 atom stereocenters. The van der Waals surface area contributed by atoms with Crippen molar-refractivity contribution in [1.82, 2.24) is 20.3 Å². The number of sulfonamides is 1. The second-order valence-electron chi connectivity index (χ2n) is 12.8. The van der Waals surface area contributed by atoms with Crippen LogP contribution in [0.4, 0.5) is 0 Å². The molecule has 4 rings (SSSR count). The number of benzene rings is 2. The number of carboxylic acids is 1. The topological polar surface area (TPSA) is 221 Å². The van der Waals surface area contributed by atoms with E-state index < -0.39 is 64.6 Å². The second-order valence-corrected chi connectivity index (χ2v) is 17.0. The van der Waals surface area contributed by atoms with Crippen LogP contribution < -0.4 is 21.1 Å². The fourth-order valence-corrected chi connectivity index (χ4v) is 9.59. The molecule has 13 nitrogen and oxygen atoms in total. The Balaban J connectivity index is 0.00000650. The van der Waals surface area contributed by atoms with E-state index in [0.29, 0.717) is 43.4 Å². The molecule has 1 aliphatic rings. The molecule has 2 amide bonds. The number of nitrogens with two attached hydrogens (primary N) is 1. The van der Waals surface area contributed by atoms with Crippen molar-refractivity contribution in [3.63, 3.8) is 0 Å².